The van der Waals surface area contributed by atoms with E-state index in [0.29, 0.717) is 0 Å². The molecule has 0 amide bonds. The maximum Gasteiger partial charge on any atom is 0.109 e. The Morgan fingerprint density at radius 1 is 1.31 bits per heavy atom. The predicted octanol–water partition coefficient (Wildman–Crippen LogP) is 3.37. The summed E-state index contributed by atoms with van der Waals surface area (Å²) in [6.45, 7) is 1.01. The van der Waals surface area contributed by atoms with E-state index in [4.69, 9.17) is 16.6 Å². The Morgan fingerprint density at radius 3 is 3.19 bits per heavy atom. The molecule has 4 rings (SSSR count). The summed E-state index contributed by atoms with van der Waals surface area (Å²) < 4.78 is 0. The molecule has 2 heterocycles. The summed E-state index contributed by atoms with van der Waals surface area (Å²) in [5, 5.41) is 0.821. The number of rotatable bonds is 0. The fourth-order valence-electron chi connectivity index (χ4n) is 3.36. The number of halogens is 1. The van der Waals surface area contributed by atoms with Crippen LogP contribution in [-0.2, 0) is 6.54 Å². The van der Waals surface area contributed by atoms with Crippen molar-refractivity contribution < 1.29 is 0 Å². The molecule has 1 aromatic carbocycles. The van der Waals surface area contributed by atoms with Crippen molar-refractivity contribution >= 4 is 23.1 Å². The molecule has 1 saturated carbocycles. The van der Waals surface area contributed by atoms with Gasteiger partial charge < -0.3 is 4.90 Å². The van der Waals surface area contributed by atoms with E-state index in [0.717, 1.165) is 29.2 Å². The van der Waals surface area contributed by atoms with Gasteiger partial charge in [0.05, 0.1) is 5.69 Å². The number of aliphatic imine (C=N–C) groups is 1. The predicted molar refractivity (Wildman–Crippen MR) is 65.2 cm³/mol. The third-order valence-corrected chi connectivity index (χ3v) is 4.36. The first-order chi connectivity index (χ1) is 7.81. The van der Waals surface area contributed by atoms with Crippen LogP contribution in [0.2, 0.25) is 5.02 Å². The summed E-state index contributed by atoms with van der Waals surface area (Å²) in [6, 6.07) is 6.79. The molecule has 82 valence electrons. The van der Waals surface area contributed by atoms with Crippen LogP contribution in [0.15, 0.2) is 23.2 Å². The number of nitrogens with zero attached hydrogens (tertiary/aromatic N) is 2. The Balaban J connectivity index is 1.84. The third-order valence-electron chi connectivity index (χ3n) is 4.12. The normalized spacial score (nSPS) is 30.1. The highest BCUT2D eigenvalue weighted by Crippen LogP contribution is 2.44. The van der Waals surface area contributed by atoms with Crippen molar-refractivity contribution in [3.05, 3.63) is 28.8 Å². The number of fused-ring (bicyclic) bond motifs is 6. The molecular formula is C13H13ClN2. The highest BCUT2D eigenvalue weighted by atomic mass is 35.5. The minimum atomic E-state index is 0.730. The number of amidine groups is 1. The molecule has 3 aliphatic rings. The Bertz CT molecular complexity index is 495. The summed E-state index contributed by atoms with van der Waals surface area (Å²) in [6.07, 6.45) is 4.00. The van der Waals surface area contributed by atoms with E-state index in [1.807, 2.05) is 12.1 Å². The van der Waals surface area contributed by atoms with Crippen molar-refractivity contribution in [3.8, 4) is 0 Å². The molecule has 0 N–H and O–H groups in total. The Hall–Kier alpha value is -1.02. The average molecular weight is 233 g/mol. The molecule has 2 unspecified atom stereocenters. The van der Waals surface area contributed by atoms with Crippen molar-refractivity contribution in [1.82, 2.24) is 4.90 Å². The number of hydrogen-bond donors (Lipinski definition) is 0. The summed E-state index contributed by atoms with van der Waals surface area (Å²) in [7, 11) is 0. The zero-order chi connectivity index (χ0) is 10.7. The van der Waals surface area contributed by atoms with Crippen molar-refractivity contribution in [1.29, 1.82) is 0 Å². The van der Waals surface area contributed by atoms with Gasteiger partial charge in [-0.1, -0.05) is 11.6 Å². The van der Waals surface area contributed by atoms with Gasteiger partial charge in [-0.3, -0.25) is 0 Å². The van der Waals surface area contributed by atoms with E-state index < -0.39 is 0 Å². The molecule has 2 nitrogen and oxygen atoms in total. The molecule has 1 aliphatic carbocycles. The second kappa shape index (κ2) is 3.01. The van der Waals surface area contributed by atoms with E-state index in [-0.39, 0.29) is 0 Å². The molecule has 16 heavy (non-hydrogen) atoms. The smallest absolute Gasteiger partial charge is 0.109 e. The zero-order valence-electron chi connectivity index (χ0n) is 8.99. The van der Waals surface area contributed by atoms with Gasteiger partial charge in [-0.05, 0) is 43.0 Å². The molecule has 2 fully saturated rings. The van der Waals surface area contributed by atoms with E-state index in [2.05, 4.69) is 11.0 Å². The first kappa shape index (κ1) is 9.06. The fraction of sp³-hybridized carbons (Fsp3) is 0.462. The van der Waals surface area contributed by atoms with E-state index >= 15 is 0 Å². The van der Waals surface area contributed by atoms with Crippen LogP contribution in [0.5, 0.6) is 0 Å². The maximum atomic E-state index is 6.03. The molecule has 2 atom stereocenters. The van der Waals surface area contributed by atoms with Gasteiger partial charge in [0.25, 0.3) is 0 Å². The monoisotopic (exact) mass is 232 g/mol. The molecule has 0 radical (unpaired) electrons. The first-order valence-corrected chi connectivity index (χ1v) is 6.33. The minimum Gasteiger partial charge on any atom is -0.352 e. The van der Waals surface area contributed by atoms with Crippen LogP contribution in [0.25, 0.3) is 0 Å². The lowest BCUT2D eigenvalue weighted by molar-refractivity contribution is 0.317. The van der Waals surface area contributed by atoms with Crippen molar-refractivity contribution in [2.75, 3.05) is 0 Å². The van der Waals surface area contributed by atoms with E-state index in [9.17, 15) is 0 Å². The Morgan fingerprint density at radius 2 is 2.25 bits per heavy atom. The summed E-state index contributed by atoms with van der Waals surface area (Å²) in [5.41, 5.74) is 2.41. The highest BCUT2D eigenvalue weighted by molar-refractivity contribution is 6.30. The second-order valence-corrected chi connectivity index (χ2v) is 5.47. The van der Waals surface area contributed by atoms with Crippen LogP contribution in [-0.4, -0.2) is 16.8 Å². The molecule has 0 aromatic heterocycles. The van der Waals surface area contributed by atoms with Crippen LogP contribution in [0.4, 0.5) is 5.69 Å². The van der Waals surface area contributed by atoms with Gasteiger partial charge in [-0.2, -0.15) is 0 Å². The topological polar surface area (TPSA) is 15.6 Å². The molecule has 0 spiro atoms. The molecule has 1 aromatic rings. The number of benzene rings is 1. The van der Waals surface area contributed by atoms with Crippen LogP contribution in [0.1, 0.15) is 24.8 Å². The maximum absolute atomic E-state index is 6.03. The van der Waals surface area contributed by atoms with Crippen LogP contribution in [0, 0.1) is 5.92 Å². The molecule has 3 heteroatoms. The van der Waals surface area contributed by atoms with Gasteiger partial charge in [-0.25, -0.2) is 4.99 Å². The highest BCUT2D eigenvalue weighted by Gasteiger charge is 2.44. The van der Waals surface area contributed by atoms with Crippen molar-refractivity contribution in [2.24, 2.45) is 10.9 Å². The Kier molecular flexibility index (Phi) is 1.70. The second-order valence-electron chi connectivity index (χ2n) is 5.03. The summed E-state index contributed by atoms with van der Waals surface area (Å²) in [5.74, 6) is 2.07. The van der Waals surface area contributed by atoms with Gasteiger partial charge in [0.15, 0.2) is 0 Å². The third kappa shape index (κ3) is 1.11. The lowest BCUT2D eigenvalue weighted by Crippen LogP contribution is -2.38. The van der Waals surface area contributed by atoms with E-state index in [1.54, 1.807) is 0 Å². The molecule has 2 aliphatic heterocycles. The van der Waals surface area contributed by atoms with Gasteiger partial charge in [-0.15, -0.1) is 0 Å². The quantitative estimate of drug-likeness (QED) is 0.670. The first-order valence-electron chi connectivity index (χ1n) is 5.95. The van der Waals surface area contributed by atoms with Crippen molar-refractivity contribution in [2.45, 2.75) is 31.8 Å². The minimum absolute atomic E-state index is 0.730. The van der Waals surface area contributed by atoms with Crippen LogP contribution in [0.3, 0.4) is 0 Å². The molecule has 1 saturated heterocycles. The molecule has 2 bridgehead atoms. The Labute approximate surface area is 99.9 Å². The fourth-order valence-corrected chi connectivity index (χ4v) is 3.55. The lowest BCUT2D eigenvalue weighted by atomic mass is 10.0. The average Bonchev–Trinajstić information content (AvgIpc) is 2.87. The van der Waals surface area contributed by atoms with Crippen molar-refractivity contribution in [3.63, 3.8) is 0 Å². The van der Waals surface area contributed by atoms with E-state index in [1.165, 1.54) is 30.7 Å². The van der Waals surface area contributed by atoms with Gasteiger partial charge in [0.1, 0.15) is 5.84 Å². The van der Waals surface area contributed by atoms with Gasteiger partial charge in [0, 0.05) is 23.5 Å². The van der Waals surface area contributed by atoms with Gasteiger partial charge >= 0.3 is 0 Å². The standard InChI is InChI=1S/C13H13ClN2/c14-10-2-4-12-9(5-10)7-16-11-3-1-8(6-11)13(16)15-12/h2,4-5,8,11H,1,3,6-7H2. The van der Waals surface area contributed by atoms with Crippen LogP contribution >= 0.6 is 11.6 Å². The summed E-state index contributed by atoms with van der Waals surface area (Å²) >= 11 is 6.03. The number of piperidine rings is 1. The largest absolute Gasteiger partial charge is 0.352 e. The van der Waals surface area contributed by atoms with Crippen LogP contribution < -0.4 is 0 Å². The lowest BCUT2D eigenvalue weighted by Gasteiger charge is -2.33. The summed E-state index contributed by atoms with van der Waals surface area (Å²) in [4.78, 5) is 7.31. The van der Waals surface area contributed by atoms with Gasteiger partial charge in [0.2, 0.25) is 0 Å². The zero-order valence-corrected chi connectivity index (χ0v) is 9.74. The molecular weight excluding hydrogens is 220 g/mol. The number of hydrogen-bond acceptors (Lipinski definition) is 2. The SMILES string of the molecule is Clc1ccc2c(c1)CN1C(=N2)C2CCC1C2.